The number of urea groups is 1. The van der Waals surface area contributed by atoms with Crippen LogP contribution in [0, 0.1) is 28.6 Å². The third-order valence-electron chi connectivity index (χ3n) is 9.44. The summed E-state index contributed by atoms with van der Waals surface area (Å²) in [5.41, 5.74) is -0.702. The smallest absolute Gasteiger partial charge is 0.315 e. The molecule has 0 bridgehead atoms. The number of likely N-dealkylation sites (N-methyl/N-ethyl adjacent to an activating group) is 1. The summed E-state index contributed by atoms with van der Waals surface area (Å²) < 4.78 is 0. The van der Waals surface area contributed by atoms with E-state index < -0.39 is 41.1 Å². The topological polar surface area (TPSA) is 137 Å². The van der Waals surface area contributed by atoms with Gasteiger partial charge >= 0.3 is 6.03 Å². The van der Waals surface area contributed by atoms with Crippen molar-refractivity contribution in [2.75, 3.05) is 13.6 Å². The van der Waals surface area contributed by atoms with Crippen LogP contribution in [0.4, 0.5) is 4.79 Å². The monoisotopic (exact) mass is 545 g/mol. The molecule has 5 atom stereocenters. The maximum atomic E-state index is 14.0. The predicted molar refractivity (Wildman–Crippen MR) is 146 cm³/mol. The van der Waals surface area contributed by atoms with E-state index in [0.717, 1.165) is 38.5 Å². The van der Waals surface area contributed by atoms with Gasteiger partial charge in [0, 0.05) is 19.6 Å². The number of rotatable bonds is 9. The van der Waals surface area contributed by atoms with Crippen LogP contribution in [0.2, 0.25) is 0 Å². The molecule has 4 fully saturated rings. The largest absolute Gasteiger partial charge is 0.353 e. The fraction of sp³-hybridized carbons (Fsp3) is 0.828. The van der Waals surface area contributed by atoms with Crippen molar-refractivity contribution in [3.8, 4) is 0 Å². The SMILES string of the molecule is CNC(=O)C(=O)C(CC1CC1)NC(=O)[C@@H]1C2C(CN1C(=O)[C@@H](NC(=O)NC1CCCCC1)C(C)(C)C)C2(C)C. The molecule has 10 heteroatoms. The number of likely N-dealkylation sites (tertiary alicyclic amines) is 1. The maximum absolute atomic E-state index is 14.0. The first-order valence-electron chi connectivity index (χ1n) is 14.7. The van der Waals surface area contributed by atoms with Gasteiger partial charge in [-0.25, -0.2) is 4.79 Å². The molecule has 0 aromatic heterocycles. The third-order valence-corrected chi connectivity index (χ3v) is 9.44. The summed E-state index contributed by atoms with van der Waals surface area (Å²) in [6.45, 7) is 10.3. The second-order valence-electron chi connectivity index (χ2n) is 13.8. The lowest BCUT2D eigenvalue weighted by Crippen LogP contribution is -2.61. The van der Waals surface area contributed by atoms with Gasteiger partial charge in [0.25, 0.3) is 5.91 Å². The molecule has 10 nitrogen and oxygen atoms in total. The first kappa shape index (κ1) is 29.3. The number of piperidine rings is 1. The minimum Gasteiger partial charge on any atom is -0.353 e. The Morgan fingerprint density at radius 1 is 0.949 bits per heavy atom. The van der Waals surface area contributed by atoms with Crippen molar-refractivity contribution in [2.45, 2.75) is 110 Å². The lowest BCUT2D eigenvalue weighted by molar-refractivity contribution is -0.145. The van der Waals surface area contributed by atoms with Crippen LogP contribution in [0.15, 0.2) is 0 Å². The Kier molecular flexibility index (Phi) is 8.34. The van der Waals surface area contributed by atoms with Crippen LogP contribution in [0.25, 0.3) is 0 Å². The number of carbonyl (C=O) groups is 5. The molecular weight excluding hydrogens is 498 g/mol. The van der Waals surface area contributed by atoms with E-state index >= 15 is 0 Å². The molecule has 0 radical (unpaired) electrons. The van der Waals surface area contributed by atoms with Crippen molar-refractivity contribution in [3.63, 3.8) is 0 Å². The number of hydrogen-bond donors (Lipinski definition) is 4. The van der Waals surface area contributed by atoms with Gasteiger partial charge in [-0.15, -0.1) is 0 Å². The highest BCUT2D eigenvalue weighted by Crippen LogP contribution is 2.65. The van der Waals surface area contributed by atoms with Gasteiger partial charge in [0.2, 0.25) is 17.6 Å². The summed E-state index contributed by atoms with van der Waals surface area (Å²) in [7, 11) is 1.40. The average Bonchev–Trinajstić information content (AvgIpc) is 3.73. The van der Waals surface area contributed by atoms with Gasteiger partial charge in [-0.05, 0) is 47.8 Å². The van der Waals surface area contributed by atoms with Crippen LogP contribution >= 0.6 is 0 Å². The van der Waals surface area contributed by atoms with Crippen LogP contribution in [0.1, 0.15) is 86.0 Å². The molecule has 39 heavy (non-hydrogen) atoms. The Balaban J connectivity index is 1.51. The van der Waals surface area contributed by atoms with Crippen molar-refractivity contribution in [2.24, 2.45) is 28.6 Å². The fourth-order valence-corrected chi connectivity index (χ4v) is 6.69. The third kappa shape index (κ3) is 6.40. The fourth-order valence-electron chi connectivity index (χ4n) is 6.69. The van der Waals surface area contributed by atoms with Gasteiger partial charge in [0.15, 0.2) is 0 Å². The first-order chi connectivity index (χ1) is 18.3. The minimum atomic E-state index is -0.916. The highest BCUT2D eigenvalue weighted by Gasteiger charge is 2.70. The highest BCUT2D eigenvalue weighted by atomic mass is 16.2. The van der Waals surface area contributed by atoms with Crippen molar-refractivity contribution >= 4 is 29.5 Å². The van der Waals surface area contributed by atoms with Crippen LogP contribution in [0.5, 0.6) is 0 Å². The zero-order chi connectivity index (χ0) is 28.7. The maximum Gasteiger partial charge on any atom is 0.315 e. The molecule has 218 valence electrons. The molecule has 1 heterocycles. The average molecular weight is 546 g/mol. The standard InChI is InChI=1S/C29H47N5O5/c1-28(2,3)23(33-27(39)31-17-10-8-7-9-11-17)26(38)34-15-18-20(29(18,4)5)21(34)24(36)32-19(14-16-12-13-16)22(35)25(37)30-6/h16-21,23H,7-15H2,1-6H3,(H,30,37)(H,32,36)(H2,31,33,39)/t18?,19?,20?,21-,23+/m0/s1. The van der Waals surface area contributed by atoms with Crippen molar-refractivity contribution in [1.29, 1.82) is 0 Å². The molecule has 1 aliphatic heterocycles. The first-order valence-corrected chi connectivity index (χ1v) is 14.7. The minimum absolute atomic E-state index is 0.0465. The molecule has 0 aromatic carbocycles. The molecule has 4 rings (SSSR count). The number of nitrogens with zero attached hydrogens (tertiary/aromatic N) is 1. The Morgan fingerprint density at radius 3 is 2.15 bits per heavy atom. The van der Waals surface area contributed by atoms with E-state index in [0.29, 0.717) is 18.9 Å². The summed E-state index contributed by atoms with van der Waals surface area (Å²) in [5, 5.41) is 11.2. The van der Waals surface area contributed by atoms with Crippen LogP contribution in [0.3, 0.4) is 0 Å². The molecule has 4 aliphatic rings. The Hall–Kier alpha value is -2.65. The number of Topliss-reactive ketones (excluding diaryl/α,β-unsaturated/α-hetero) is 1. The van der Waals surface area contributed by atoms with E-state index in [4.69, 9.17) is 0 Å². The molecular formula is C29H47N5O5. The summed E-state index contributed by atoms with van der Waals surface area (Å²) >= 11 is 0. The number of carbonyl (C=O) groups excluding carboxylic acids is 5. The second-order valence-corrected chi connectivity index (χ2v) is 13.8. The van der Waals surface area contributed by atoms with Crippen molar-refractivity contribution < 1.29 is 24.0 Å². The van der Waals surface area contributed by atoms with Gasteiger partial charge in [0.05, 0.1) is 6.04 Å². The Morgan fingerprint density at radius 2 is 1.59 bits per heavy atom. The normalized spacial score (nSPS) is 27.5. The summed E-state index contributed by atoms with van der Waals surface area (Å²) in [4.78, 5) is 67.3. The second kappa shape index (κ2) is 11.1. The summed E-state index contributed by atoms with van der Waals surface area (Å²) in [6.07, 6.45) is 7.58. The predicted octanol–water partition coefficient (Wildman–Crippen LogP) is 2.12. The van der Waals surface area contributed by atoms with Crippen molar-refractivity contribution in [1.82, 2.24) is 26.2 Å². The quantitative estimate of drug-likeness (QED) is 0.329. The lowest BCUT2D eigenvalue weighted by Gasteiger charge is -2.38. The molecule has 1 saturated heterocycles. The van der Waals surface area contributed by atoms with E-state index in [1.165, 1.54) is 13.5 Å². The molecule has 3 aliphatic carbocycles. The number of nitrogens with one attached hydrogen (secondary N) is 4. The zero-order valence-electron chi connectivity index (χ0n) is 24.4. The molecule has 0 aromatic rings. The Bertz CT molecular complexity index is 995. The number of hydrogen-bond acceptors (Lipinski definition) is 5. The number of amides is 5. The van der Waals surface area contributed by atoms with Gasteiger partial charge in [-0.1, -0.05) is 66.7 Å². The molecule has 3 saturated carbocycles. The number of ketones is 1. The van der Waals surface area contributed by atoms with Crippen LogP contribution in [-0.4, -0.2) is 72.2 Å². The van der Waals surface area contributed by atoms with Crippen LogP contribution < -0.4 is 21.3 Å². The number of fused-ring (bicyclic) bond motifs is 1. The Labute approximate surface area is 232 Å². The van der Waals surface area contributed by atoms with E-state index in [-0.39, 0.29) is 35.2 Å². The zero-order valence-corrected chi connectivity index (χ0v) is 24.4. The molecule has 3 unspecified atom stereocenters. The summed E-state index contributed by atoms with van der Waals surface area (Å²) in [5.74, 6) is -1.66. The molecule has 5 amide bonds. The van der Waals surface area contributed by atoms with E-state index in [1.54, 1.807) is 4.90 Å². The lowest BCUT2D eigenvalue weighted by atomic mass is 9.85. The molecule has 0 spiro atoms. The van der Waals surface area contributed by atoms with E-state index in [2.05, 4.69) is 35.1 Å². The van der Waals surface area contributed by atoms with E-state index in [9.17, 15) is 24.0 Å². The van der Waals surface area contributed by atoms with Gasteiger partial charge in [-0.3, -0.25) is 19.2 Å². The van der Waals surface area contributed by atoms with Crippen molar-refractivity contribution in [3.05, 3.63) is 0 Å². The van der Waals surface area contributed by atoms with Gasteiger partial charge in [0.1, 0.15) is 12.1 Å². The van der Waals surface area contributed by atoms with Gasteiger partial charge in [-0.2, -0.15) is 0 Å². The highest BCUT2D eigenvalue weighted by molar-refractivity contribution is 6.38. The van der Waals surface area contributed by atoms with E-state index in [1.807, 2.05) is 20.8 Å². The van der Waals surface area contributed by atoms with Gasteiger partial charge < -0.3 is 26.2 Å². The van der Waals surface area contributed by atoms with Crippen LogP contribution in [-0.2, 0) is 19.2 Å². The summed E-state index contributed by atoms with van der Waals surface area (Å²) in [6, 6.07) is -2.76. The molecule has 4 N–H and O–H groups in total.